The van der Waals surface area contributed by atoms with E-state index in [1.165, 1.54) is 0 Å². The largest absolute Gasteiger partial charge is 0.393 e. The maximum Gasteiger partial charge on any atom is 0.269 e. The van der Waals surface area contributed by atoms with Crippen LogP contribution in [0.15, 0.2) is 11.0 Å². The minimum atomic E-state index is -1.17. The molecule has 1 aromatic rings. The smallest absolute Gasteiger partial charge is 0.269 e. The second kappa shape index (κ2) is 3.22. The van der Waals surface area contributed by atoms with Crippen molar-refractivity contribution < 1.29 is 10.2 Å². The number of hydrogen-bond donors (Lipinski definition) is 3. The summed E-state index contributed by atoms with van der Waals surface area (Å²) in [6, 6.07) is 0. The van der Waals surface area contributed by atoms with Crippen LogP contribution < -0.4 is 5.56 Å². The molecule has 0 aromatic carbocycles. The number of aliphatic hydroxyl groups is 2. The van der Waals surface area contributed by atoms with E-state index in [1.54, 1.807) is 0 Å². The molecule has 6 nitrogen and oxygen atoms in total. The van der Waals surface area contributed by atoms with Crippen LogP contribution in [0.2, 0.25) is 0 Å². The molecule has 0 amide bonds. The number of nitrogens with zero attached hydrogens (tertiary/aromatic N) is 2. The summed E-state index contributed by atoms with van der Waals surface area (Å²) in [5, 5.41) is 24.1. The molecule has 0 radical (unpaired) electrons. The highest BCUT2D eigenvalue weighted by atomic mass is 16.3. The van der Waals surface area contributed by atoms with Crippen LogP contribution in [0.4, 0.5) is 0 Å². The Kier molecular flexibility index (Phi) is 2.29. The van der Waals surface area contributed by atoms with Gasteiger partial charge in [-0.25, -0.2) is 0 Å². The quantitative estimate of drug-likeness (QED) is 0.470. The van der Waals surface area contributed by atoms with Crippen LogP contribution in [0.3, 0.4) is 0 Å². The minimum Gasteiger partial charge on any atom is -0.393 e. The molecule has 1 heterocycles. The fourth-order valence-corrected chi connectivity index (χ4v) is 0.563. The molecule has 0 bridgehead atoms. The number of H-pyrrole nitrogens is 1. The van der Waals surface area contributed by atoms with E-state index in [-0.39, 0.29) is 5.82 Å². The Balaban J connectivity index is 2.96. The lowest BCUT2D eigenvalue weighted by Crippen LogP contribution is -2.16. The van der Waals surface area contributed by atoms with Gasteiger partial charge in [0.2, 0.25) is 0 Å². The average molecular weight is 157 g/mol. The number of hydrogen-bond acceptors (Lipinski definition) is 5. The molecule has 60 valence electrons. The van der Waals surface area contributed by atoms with E-state index >= 15 is 0 Å². The molecule has 0 aliphatic carbocycles. The van der Waals surface area contributed by atoms with Gasteiger partial charge in [0.05, 0.1) is 6.61 Å². The third kappa shape index (κ3) is 1.82. The number of rotatable bonds is 2. The van der Waals surface area contributed by atoms with Gasteiger partial charge in [-0.3, -0.25) is 4.79 Å². The molecule has 0 saturated heterocycles. The first kappa shape index (κ1) is 7.83. The van der Waals surface area contributed by atoms with E-state index < -0.39 is 18.3 Å². The summed E-state index contributed by atoms with van der Waals surface area (Å²) < 4.78 is 0. The van der Waals surface area contributed by atoms with Crippen molar-refractivity contribution in [3.8, 4) is 0 Å². The summed E-state index contributed by atoms with van der Waals surface area (Å²) in [6.45, 7) is -0.491. The summed E-state index contributed by atoms with van der Waals surface area (Å²) in [4.78, 5) is 12.8. The first-order valence-electron chi connectivity index (χ1n) is 2.95. The van der Waals surface area contributed by atoms with Gasteiger partial charge < -0.3 is 15.2 Å². The summed E-state index contributed by atoms with van der Waals surface area (Å²) in [5.41, 5.74) is -0.456. The van der Waals surface area contributed by atoms with Gasteiger partial charge >= 0.3 is 0 Å². The fourth-order valence-electron chi connectivity index (χ4n) is 0.563. The van der Waals surface area contributed by atoms with Crippen molar-refractivity contribution in [2.75, 3.05) is 6.61 Å². The summed E-state index contributed by atoms with van der Waals surface area (Å²) in [7, 11) is 0. The predicted molar refractivity (Wildman–Crippen MR) is 34.7 cm³/mol. The van der Waals surface area contributed by atoms with Crippen LogP contribution in [-0.2, 0) is 0 Å². The van der Waals surface area contributed by atoms with E-state index in [2.05, 4.69) is 15.2 Å². The van der Waals surface area contributed by atoms with Crippen LogP contribution in [0, 0.1) is 0 Å². The Morgan fingerprint density at radius 2 is 2.45 bits per heavy atom. The molecule has 11 heavy (non-hydrogen) atoms. The molecule has 0 aliphatic rings. The molecule has 6 heteroatoms. The number of aliphatic hydroxyl groups excluding tert-OH is 2. The molecule has 0 spiro atoms. The highest BCUT2D eigenvalue weighted by Gasteiger charge is 2.07. The van der Waals surface area contributed by atoms with Crippen molar-refractivity contribution in [2.24, 2.45) is 0 Å². The molecule has 0 fully saturated rings. The normalized spacial score (nSPS) is 12.9. The third-order valence-corrected chi connectivity index (χ3v) is 1.08. The van der Waals surface area contributed by atoms with Crippen LogP contribution in [-0.4, -0.2) is 32.0 Å². The van der Waals surface area contributed by atoms with E-state index in [0.717, 1.165) is 6.20 Å². The highest BCUT2D eigenvalue weighted by molar-refractivity contribution is 4.86. The van der Waals surface area contributed by atoms with Gasteiger partial charge in [-0.05, 0) is 0 Å². The lowest BCUT2D eigenvalue weighted by molar-refractivity contribution is 0.0875. The lowest BCUT2D eigenvalue weighted by atomic mass is 10.4. The molecular weight excluding hydrogens is 150 g/mol. The number of nitrogens with one attached hydrogen (secondary N) is 1. The first-order valence-corrected chi connectivity index (χ1v) is 2.95. The van der Waals surface area contributed by atoms with Gasteiger partial charge in [0, 0.05) is 0 Å². The molecule has 1 atom stereocenters. The van der Waals surface area contributed by atoms with Gasteiger partial charge in [-0.15, -0.1) is 5.10 Å². The summed E-state index contributed by atoms with van der Waals surface area (Å²) in [5.74, 6) is -0.0278. The monoisotopic (exact) mass is 157 g/mol. The van der Waals surface area contributed by atoms with Crippen molar-refractivity contribution in [3.05, 3.63) is 22.4 Å². The van der Waals surface area contributed by atoms with Crippen molar-refractivity contribution in [2.45, 2.75) is 6.10 Å². The van der Waals surface area contributed by atoms with Crippen molar-refractivity contribution in [1.82, 2.24) is 15.2 Å². The Bertz CT molecular complexity index is 284. The molecule has 3 N–H and O–H groups in total. The summed E-state index contributed by atoms with van der Waals surface area (Å²) in [6.07, 6.45) is -0.190. The Hall–Kier alpha value is -1.27. The molecule has 1 unspecified atom stereocenters. The highest BCUT2D eigenvalue weighted by Crippen LogP contribution is 1.99. The van der Waals surface area contributed by atoms with Crippen LogP contribution in [0.5, 0.6) is 0 Å². The third-order valence-electron chi connectivity index (χ3n) is 1.08. The van der Waals surface area contributed by atoms with E-state index in [1.807, 2.05) is 0 Å². The van der Waals surface area contributed by atoms with E-state index in [9.17, 15) is 4.79 Å². The van der Waals surface area contributed by atoms with E-state index in [4.69, 9.17) is 10.2 Å². The van der Waals surface area contributed by atoms with Crippen LogP contribution >= 0.6 is 0 Å². The van der Waals surface area contributed by atoms with Crippen LogP contribution in [0.25, 0.3) is 0 Å². The second-order valence-corrected chi connectivity index (χ2v) is 1.92. The van der Waals surface area contributed by atoms with Gasteiger partial charge in [-0.2, -0.15) is 5.10 Å². The van der Waals surface area contributed by atoms with Crippen LogP contribution in [0.1, 0.15) is 11.9 Å². The predicted octanol–water partition coefficient (Wildman–Crippen LogP) is -1.81. The Morgan fingerprint density at radius 1 is 1.73 bits per heavy atom. The fraction of sp³-hybridized carbons (Fsp3) is 0.400. The van der Waals surface area contributed by atoms with Gasteiger partial charge in [0.15, 0.2) is 5.82 Å². The van der Waals surface area contributed by atoms with Gasteiger partial charge in [0.25, 0.3) is 5.56 Å². The minimum absolute atomic E-state index is 0.0278. The Morgan fingerprint density at radius 3 is 3.00 bits per heavy atom. The first-order chi connectivity index (χ1) is 5.24. The maximum absolute atomic E-state index is 10.6. The van der Waals surface area contributed by atoms with Crippen molar-refractivity contribution in [3.63, 3.8) is 0 Å². The second-order valence-electron chi connectivity index (χ2n) is 1.92. The number of aromatic nitrogens is 3. The zero-order valence-corrected chi connectivity index (χ0v) is 5.56. The molecule has 0 aliphatic heterocycles. The molecule has 1 aromatic heterocycles. The average Bonchev–Trinajstić information content (AvgIpc) is 2.03. The molecule has 0 saturated carbocycles. The standard InChI is InChI=1S/C5H7N3O3/c9-2-3(10)5-7-4(11)1-6-8-5/h1,3,9-10H,2H2,(H,7,8,11). The zero-order valence-electron chi connectivity index (χ0n) is 5.56. The SMILES string of the molecule is O=c1cnnc(C(O)CO)[nH]1. The van der Waals surface area contributed by atoms with Gasteiger partial charge in [-0.1, -0.05) is 0 Å². The van der Waals surface area contributed by atoms with Crippen molar-refractivity contribution >= 4 is 0 Å². The lowest BCUT2D eigenvalue weighted by Gasteiger charge is -2.02. The van der Waals surface area contributed by atoms with Gasteiger partial charge in [0.1, 0.15) is 12.3 Å². The Labute approximate surface area is 61.5 Å². The zero-order chi connectivity index (χ0) is 8.27. The van der Waals surface area contributed by atoms with Crippen molar-refractivity contribution in [1.29, 1.82) is 0 Å². The van der Waals surface area contributed by atoms with E-state index in [0.29, 0.717) is 0 Å². The molecule has 1 rings (SSSR count). The molecular formula is C5H7N3O3. The topological polar surface area (TPSA) is 99.1 Å². The summed E-state index contributed by atoms with van der Waals surface area (Å²) >= 11 is 0. The number of aromatic amines is 1. The maximum atomic E-state index is 10.6.